The topological polar surface area (TPSA) is 26.3 Å². The molecule has 0 N–H and O–H groups in total. The highest BCUT2D eigenvalue weighted by Crippen LogP contribution is 2.58. The number of hydrogen-bond acceptors (Lipinski definition) is 2. The molecule has 0 saturated carbocycles. The molecule has 0 radical (unpaired) electrons. The van der Waals surface area contributed by atoms with Gasteiger partial charge in [0.15, 0.2) is 6.16 Å². The molecule has 98 valence electrons. The Hall–Kier alpha value is -0.880. The molecule has 0 amide bonds. The molecule has 1 heterocycles. The summed E-state index contributed by atoms with van der Waals surface area (Å²) in [5.74, 6) is -0.00316. The van der Waals surface area contributed by atoms with E-state index in [0.29, 0.717) is 12.8 Å². The second-order valence-electron chi connectivity index (χ2n) is 5.43. The Morgan fingerprint density at radius 3 is 2.50 bits per heavy atom. The Bertz CT molecular complexity index is 383. The molecule has 1 fully saturated rings. The number of esters is 1. The lowest BCUT2D eigenvalue weighted by Crippen LogP contribution is -2.19. The molecule has 2 nitrogen and oxygen atoms in total. The predicted octanol–water partition coefficient (Wildman–Crippen LogP) is 3.56. The second kappa shape index (κ2) is 6.33. The summed E-state index contributed by atoms with van der Waals surface area (Å²) >= 11 is 0. The van der Waals surface area contributed by atoms with Crippen LogP contribution < -0.4 is 0 Å². The standard InChI is InChI=1S/C15H22O2P/c1-18(10-6-3-7-11-18)13-15(16)17-12-14-8-4-2-5-9-14/h2,4-5,8-9H,3,6-7,10-13H2,1H3/q+1. The Kier molecular flexibility index (Phi) is 4.77. The summed E-state index contributed by atoms with van der Waals surface area (Å²) in [5.41, 5.74) is 1.07. The first-order chi connectivity index (χ1) is 8.68. The van der Waals surface area contributed by atoms with E-state index in [1.54, 1.807) is 0 Å². The highest BCUT2D eigenvalue weighted by molar-refractivity contribution is 7.76. The van der Waals surface area contributed by atoms with Crippen LogP contribution in [0.5, 0.6) is 0 Å². The third-order valence-electron chi connectivity index (χ3n) is 3.65. The number of rotatable bonds is 4. The van der Waals surface area contributed by atoms with Crippen molar-refractivity contribution in [3.8, 4) is 0 Å². The largest absolute Gasteiger partial charge is 0.458 e. The van der Waals surface area contributed by atoms with E-state index in [1.165, 1.54) is 31.6 Å². The molecule has 1 saturated heterocycles. The van der Waals surface area contributed by atoms with Crippen molar-refractivity contribution in [2.45, 2.75) is 25.9 Å². The van der Waals surface area contributed by atoms with E-state index in [1.807, 2.05) is 30.3 Å². The fraction of sp³-hybridized carbons (Fsp3) is 0.533. The first kappa shape index (κ1) is 13.5. The third-order valence-corrected chi connectivity index (χ3v) is 7.46. The maximum Gasteiger partial charge on any atom is 0.344 e. The van der Waals surface area contributed by atoms with Crippen LogP contribution in [-0.2, 0) is 16.1 Å². The Morgan fingerprint density at radius 1 is 1.17 bits per heavy atom. The molecule has 18 heavy (non-hydrogen) atoms. The Labute approximate surface area is 110 Å². The molecule has 0 unspecified atom stereocenters. The van der Waals surface area contributed by atoms with Gasteiger partial charge in [-0.25, -0.2) is 4.79 Å². The van der Waals surface area contributed by atoms with E-state index in [-0.39, 0.29) is 5.97 Å². The van der Waals surface area contributed by atoms with E-state index in [9.17, 15) is 4.79 Å². The van der Waals surface area contributed by atoms with Crippen LogP contribution >= 0.6 is 7.26 Å². The van der Waals surface area contributed by atoms with Gasteiger partial charge in [-0.05, 0) is 24.8 Å². The molecule has 0 bridgehead atoms. The van der Waals surface area contributed by atoms with Crippen LogP contribution in [0.4, 0.5) is 0 Å². The van der Waals surface area contributed by atoms with Crippen molar-refractivity contribution in [3.63, 3.8) is 0 Å². The average Bonchev–Trinajstić information content (AvgIpc) is 2.38. The molecule has 1 aromatic carbocycles. The van der Waals surface area contributed by atoms with Crippen molar-refractivity contribution in [2.24, 2.45) is 0 Å². The summed E-state index contributed by atoms with van der Waals surface area (Å²) in [6.07, 6.45) is 7.17. The van der Waals surface area contributed by atoms with Crippen LogP contribution in [0.15, 0.2) is 30.3 Å². The lowest BCUT2D eigenvalue weighted by atomic mass is 10.2. The normalized spacial score (nSPS) is 18.3. The number of benzene rings is 1. The van der Waals surface area contributed by atoms with Gasteiger partial charge in [-0.15, -0.1) is 0 Å². The fourth-order valence-electron chi connectivity index (χ4n) is 2.53. The minimum Gasteiger partial charge on any atom is -0.458 e. The van der Waals surface area contributed by atoms with Crippen molar-refractivity contribution in [3.05, 3.63) is 35.9 Å². The molecule has 1 aliphatic heterocycles. The average molecular weight is 265 g/mol. The highest BCUT2D eigenvalue weighted by atomic mass is 31.2. The van der Waals surface area contributed by atoms with Gasteiger partial charge in [0.05, 0.1) is 12.3 Å². The molecule has 0 spiro atoms. The monoisotopic (exact) mass is 265 g/mol. The minimum atomic E-state index is -1.02. The van der Waals surface area contributed by atoms with Gasteiger partial charge in [-0.1, -0.05) is 30.3 Å². The zero-order valence-electron chi connectivity index (χ0n) is 11.1. The first-order valence-electron chi connectivity index (χ1n) is 6.71. The van der Waals surface area contributed by atoms with Crippen molar-refractivity contribution >= 4 is 13.2 Å². The lowest BCUT2D eigenvalue weighted by Gasteiger charge is -2.26. The van der Waals surface area contributed by atoms with Gasteiger partial charge in [0.2, 0.25) is 0 Å². The van der Waals surface area contributed by atoms with Crippen molar-refractivity contribution < 1.29 is 9.53 Å². The van der Waals surface area contributed by atoms with Crippen LogP contribution in [0.3, 0.4) is 0 Å². The summed E-state index contributed by atoms with van der Waals surface area (Å²) in [6.45, 7) is 2.75. The van der Waals surface area contributed by atoms with Crippen LogP contribution in [0.2, 0.25) is 0 Å². The smallest absolute Gasteiger partial charge is 0.344 e. The molecular formula is C15H22O2P+. The second-order valence-corrected chi connectivity index (χ2v) is 9.88. The number of carbonyl (C=O) groups is 1. The van der Waals surface area contributed by atoms with Gasteiger partial charge in [-0.3, -0.25) is 0 Å². The lowest BCUT2D eigenvalue weighted by molar-refractivity contribution is -0.141. The van der Waals surface area contributed by atoms with E-state index >= 15 is 0 Å². The summed E-state index contributed by atoms with van der Waals surface area (Å²) in [5, 5.41) is 0. The summed E-state index contributed by atoms with van der Waals surface area (Å²) < 4.78 is 5.38. The molecule has 2 rings (SSSR count). The molecule has 1 aromatic rings. The SMILES string of the molecule is C[P+]1(CC(=O)OCc2ccccc2)CCCCC1. The van der Waals surface area contributed by atoms with Gasteiger partial charge in [0, 0.05) is 13.9 Å². The maximum atomic E-state index is 11.9. The highest BCUT2D eigenvalue weighted by Gasteiger charge is 2.36. The quantitative estimate of drug-likeness (QED) is 0.614. The summed E-state index contributed by atoms with van der Waals surface area (Å²) in [6, 6.07) is 9.90. The van der Waals surface area contributed by atoms with Gasteiger partial charge >= 0.3 is 5.97 Å². The van der Waals surface area contributed by atoms with Crippen molar-refractivity contribution in [1.82, 2.24) is 0 Å². The molecule has 0 aliphatic carbocycles. The van der Waals surface area contributed by atoms with Crippen LogP contribution in [0, 0.1) is 0 Å². The minimum absolute atomic E-state index is 0.00316. The van der Waals surface area contributed by atoms with Crippen molar-refractivity contribution in [1.29, 1.82) is 0 Å². The van der Waals surface area contributed by atoms with Crippen LogP contribution in [-0.4, -0.2) is 31.1 Å². The number of carbonyl (C=O) groups excluding carboxylic acids is 1. The molecule has 1 aliphatic rings. The number of ether oxygens (including phenoxy) is 1. The molecule has 0 atom stereocenters. The van der Waals surface area contributed by atoms with Gasteiger partial charge in [0.1, 0.15) is 6.61 Å². The van der Waals surface area contributed by atoms with E-state index in [0.717, 1.165) is 5.56 Å². The molecule has 0 aromatic heterocycles. The Morgan fingerprint density at radius 2 is 1.83 bits per heavy atom. The fourth-order valence-corrected chi connectivity index (χ4v) is 5.76. The molecule has 3 heteroatoms. The van der Waals surface area contributed by atoms with Gasteiger partial charge < -0.3 is 4.74 Å². The molecular weight excluding hydrogens is 243 g/mol. The summed E-state index contributed by atoms with van der Waals surface area (Å²) in [7, 11) is -1.02. The zero-order chi connectivity index (χ0) is 12.8. The van der Waals surface area contributed by atoms with Crippen molar-refractivity contribution in [2.75, 3.05) is 25.2 Å². The predicted molar refractivity (Wildman–Crippen MR) is 77.5 cm³/mol. The van der Waals surface area contributed by atoms with Crippen LogP contribution in [0.1, 0.15) is 24.8 Å². The van der Waals surface area contributed by atoms with E-state index < -0.39 is 7.26 Å². The Balaban J connectivity index is 1.78. The van der Waals surface area contributed by atoms with Gasteiger partial charge in [-0.2, -0.15) is 0 Å². The van der Waals surface area contributed by atoms with E-state index in [4.69, 9.17) is 4.74 Å². The third kappa shape index (κ3) is 4.10. The first-order valence-corrected chi connectivity index (χ1v) is 9.50. The van der Waals surface area contributed by atoms with Crippen LogP contribution in [0.25, 0.3) is 0 Å². The van der Waals surface area contributed by atoms with E-state index in [2.05, 4.69) is 6.66 Å². The zero-order valence-corrected chi connectivity index (χ0v) is 12.0. The summed E-state index contributed by atoms with van der Waals surface area (Å²) in [4.78, 5) is 11.9. The van der Waals surface area contributed by atoms with Gasteiger partial charge in [0.25, 0.3) is 0 Å². The number of hydrogen-bond donors (Lipinski definition) is 0. The maximum absolute atomic E-state index is 11.9.